The maximum absolute atomic E-state index is 12.8. The number of hydrogen-bond donors (Lipinski definition) is 0. The number of nitrogens with zero attached hydrogens (tertiary/aromatic N) is 1. The molecular weight excluding hydrogens is 246 g/mol. The minimum Gasteiger partial charge on any atom is -0.294 e. The SMILES string of the molecule is O=C(c1ccc2cccnc2c1)C1C2C3CCC(C3)C12. The second kappa shape index (κ2) is 3.69. The van der Waals surface area contributed by atoms with Crippen LogP contribution in [0, 0.1) is 29.6 Å². The number of carbonyl (C=O) groups excluding carboxylic acids is 1. The molecule has 0 aliphatic heterocycles. The van der Waals surface area contributed by atoms with E-state index in [1.54, 1.807) is 6.20 Å². The Morgan fingerprint density at radius 2 is 1.90 bits per heavy atom. The molecule has 2 heteroatoms. The maximum Gasteiger partial charge on any atom is 0.166 e. The lowest BCUT2D eigenvalue weighted by Crippen LogP contribution is -2.10. The number of benzene rings is 1. The van der Waals surface area contributed by atoms with Crippen molar-refractivity contribution in [2.45, 2.75) is 19.3 Å². The number of hydrogen-bond acceptors (Lipinski definition) is 2. The summed E-state index contributed by atoms with van der Waals surface area (Å²) in [6, 6.07) is 9.98. The summed E-state index contributed by atoms with van der Waals surface area (Å²) >= 11 is 0. The van der Waals surface area contributed by atoms with E-state index in [0.717, 1.165) is 40.1 Å². The highest BCUT2D eigenvalue weighted by Gasteiger charge is 2.67. The molecule has 1 aromatic carbocycles. The van der Waals surface area contributed by atoms with E-state index in [1.807, 2.05) is 30.3 Å². The van der Waals surface area contributed by atoms with Gasteiger partial charge in [-0.3, -0.25) is 9.78 Å². The molecule has 1 heterocycles. The molecule has 5 rings (SSSR count). The van der Waals surface area contributed by atoms with Crippen LogP contribution in [0.5, 0.6) is 0 Å². The molecule has 0 spiro atoms. The largest absolute Gasteiger partial charge is 0.294 e. The first kappa shape index (κ1) is 11.0. The van der Waals surface area contributed by atoms with E-state index in [4.69, 9.17) is 0 Å². The highest BCUT2D eigenvalue weighted by molar-refractivity contribution is 6.02. The van der Waals surface area contributed by atoms with Gasteiger partial charge < -0.3 is 0 Å². The van der Waals surface area contributed by atoms with Crippen LogP contribution >= 0.6 is 0 Å². The van der Waals surface area contributed by atoms with Crippen LogP contribution in [0.3, 0.4) is 0 Å². The summed E-state index contributed by atoms with van der Waals surface area (Å²) in [4.78, 5) is 17.1. The van der Waals surface area contributed by atoms with Crippen LogP contribution in [0.25, 0.3) is 10.9 Å². The minimum atomic E-state index is 0.336. The zero-order valence-electron chi connectivity index (χ0n) is 11.3. The van der Waals surface area contributed by atoms with E-state index in [1.165, 1.54) is 19.3 Å². The van der Waals surface area contributed by atoms with Crippen molar-refractivity contribution < 1.29 is 4.79 Å². The summed E-state index contributed by atoms with van der Waals surface area (Å²) in [7, 11) is 0. The fourth-order valence-corrected chi connectivity index (χ4v) is 5.09. The number of Topliss-reactive ketones (excluding diaryl/α,β-unsaturated/α-hetero) is 1. The number of ketones is 1. The first-order chi connectivity index (χ1) is 9.83. The number of fused-ring (bicyclic) bond motifs is 6. The van der Waals surface area contributed by atoms with Gasteiger partial charge in [-0.15, -0.1) is 0 Å². The molecule has 0 amide bonds. The molecule has 0 radical (unpaired) electrons. The van der Waals surface area contributed by atoms with Crippen LogP contribution in [-0.2, 0) is 0 Å². The summed E-state index contributed by atoms with van der Waals surface area (Å²) in [5, 5.41) is 1.11. The molecule has 20 heavy (non-hydrogen) atoms. The predicted molar refractivity (Wildman–Crippen MR) is 77.4 cm³/mol. The van der Waals surface area contributed by atoms with Gasteiger partial charge in [0.25, 0.3) is 0 Å². The number of rotatable bonds is 2. The Labute approximate surface area is 118 Å². The van der Waals surface area contributed by atoms with Crippen molar-refractivity contribution in [1.29, 1.82) is 0 Å². The topological polar surface area (TPSA) is 30.0 Å². The summed E-state index contributed by atoms with van der Waals surface area (Å²) in [6.45, 7) is 0. The third-order valence-corrected chi connectivity index (χ3v) is 5.93. The molecule has 3 aliphatic carbocycles. The van der Waals surface area contributed by atoms with Crippen molar-refractivity contribution in [2.75, 3.05) is 0 Å². The zero-order chi connectivity index (χ0) is 13.3. The number of aromatic nitrogens is 1. The lowest BCUT2D eigenvalue weighted by Gasteiger charge is -2.08. The maximum atomic E-state index is 12.8. The molecule has 100 valence electrons. The zero-order valence-corrected chi connectivity index (χ0v) is 11.3. The van der Waals surface area contributed by atoms with Gasteiger partial charge in [0, 0.05) is 23.1 Å². The lowest BCUT2D eigenvalue weighted by atomic mass is 9.96. The summed E-state index contributed by atoms with van der Waals surface area (Å²) in [5.41, 5.74) is 1.81. The Balaban J connectivity index is 1.49. The fraction of sp³-hybridized carbons (Fsp3) is 0.444. The van der Waals surface area contributed by atoms with Crippen molar-refractivity contribution in [2.24, 2.45) is 29.6 Å². The second-order valence-electron chi connectivity index (χ2n) is 6.79. The molecule has 0 saturated heterocycles. The van der Waals surface area contributed by atoms with Gasteiger partial charge >= 0.3 is 0 Å². The van der Waals surface area contributed by atoms with Gasteiger partial charge in [0.1, 0.15) is 0 Å². The van der Waals surface area contributed by atoms with E-state index >= 15 is 0 Å². The molecule has 4 unspecified atom stereocenters. The smallest absolute Gasteiger partial charge is 0.166 e. The van der Waals surface area contributed by atoms with Crippen LogP contribution in [0.4, 0.5) is 0 Å². The molecule has 2 aromatic rings. The van der Waals surface area contributed by atoms with E-state index in [9.17, 15) is 4.79 Å². The van der Waals surface area contributed by atoms with E-state index in [-0.39, 0.29) is 0 Å². The van der Waals surface area contributed by atoms with Gasteiger partial charge in [-0.1, -0.05) is 18.2 Å². The normalized spacial score (nSPS) is 37.1. The van der Waals surface area contributed by atoms with Crippen molar-refractivity contribution in [3.8, 4) is 0 Å². The van der Waals surface area contributed by atoms with E-state index < -0.39 is 0 Å². The van der Waals surface area contributed by atoms with Gasteiger partial charge in [0.2, 0.25) is 0 Å². The molecule has 3 aliphatic rings. The Kier molecular flexibility index (Phi) is 2.03. The van der Waals surface area contributed by atoms with Crippen molar-refractivity contribution in [3.63, 3.8) is 0 Å². The molecular formula is C18H17NO. The standard InChI is InChI=1S/C18H17NO/c20-18(17-15-11-4-5-12(8-11)16(15)17)13-6-3-10-2-1-7-19-14(10)9-13/h1-3,6-7,9,11-12,15-17H,4-5,8H2. The lowest BCUT2D eigenvalue weighted by molar-refractivity contribution is 0.0944. The average molecular weight is 263 g/mol. The van der Waals surface area contributed by atoms with Crippen molar-refractivity contribution in [3.05, 3.63) is 42.1 Å². The molecule has 4 atom stereocenters. The molecule has 2 bridgehead atoms. The molecule has 1 aromatic heterocycles. The van der Waals surface area contributed by atoms with Crippen LogP contribution in [0.15, 0.2) is 36.5 Å². The molecule has 3 fully saturated rings. The van der Waals surface area contributed by atoms with Crippen LogP contribution in [0.1, 0.15) is 29.6 Å². The molecule has 3 saturated carbocycles. The first-order valence-electron chi connectivity index (χ1n) is 7.72. The highest BCUT2D eigenvalue weighted by Crippen LogP contribution is 2.69. The predicted octanol–water partition coefficient (Wildman–Crippen LogP) is 3.71. The van der Waals surface area contributed by atoms with Gasteiger partial charge in [-0.2, -0.15) is 0 Å². The molecule has 2 nitrogen and oxygen atoms in total. The van der Waals surface area contributed by atoms with E-state index in [2.05, 4.69) is 4.98 Å². The Bertz CT molecular complexity index is 706. The average Bonchev–Trinajstić information content (AvgIpc) is 2.93. The second-order valence-corrected chi connectivity index (χ2v) is 6.79. The highest BCUT2D eigenvalue weighted by atomic mass is 16.1. The van der Waals surface area contributed by atoms with Crippen LogP contribution < -0.4 is 0 Å². The fourth-order valence-electron chi connectivity index (χ4n) is 5.09. The minimum absolute atomic E-state index is 0.336. The molecule has 0 N–H and O–H groups in total. The number of pyridine rings is 1. The third-order valence-electron chi connectivity index (χ3n) is 5.93. The van der Waals surface area contributed by atoms with Crippen molar-refractivity contribution >= 4 is 16.7 Å². The van der Waals surface area contributed by atoms with Crippen molar-refractivity contribution in [1.82, 2.24) is 4.98 Å². The van der Waals surface area contributed by atoms with Crippen LogP contribution in [-0.4, -0.2) is 10.8 Å². The van der Waals surface area contributed by atoms with Gasteiger partial charge in [0.15, 0.2) is 5.78 Å². The number of carbonyl (C=O) groups is 1. The summed E-state index contributed by atoms with van der Waals surface area (Å²) in [5.74, 6) is 3.88. The Morgan fingerprint density at radius 1 is 1.10 bits per heavy atom. The Morgan fingerprint density at radius 3 is 2.70 bits per heavy atom. The monoisotopic (exact) mass is 263 g/mol. The first-order valence-corrected chi connectivity index (χ1v) is 7.72. The summed E-state index contributed by atoms with van der Waals surface area (Å²) in [6.07, 6.45) is 5.94. The van der Waals surface area contributed by atoms with Gasteiger partial charge in [-0.05, 0) is 55.1 Å². The Hall–Kier alpha value is -1.70. The van der Waals surface area contributed by atoms with E-state index in [0.29, 0.717) is 11.7 Å². The summed E-state index contributed by atoms with van der Waals surface area (Å²) < 4.78 is 0. The van der Waals surface area contributed by atoms with Gasteiger partial charge in [-0.25, -0.2) is 0 Å². The quantitative estimate of drug-likeness (QED) is 0.773. The van der Waals surface area contributed by atoms with Crippen LogP contribution in [0.2, 0.25) is 0 Å². The van der Waals surface area contributed by atoms with Gasteiger partial charge in [0.05, 0.1) is 5.52 Å². The third kappa shape index (κ3) is 1.34.